The Bertz CT molecular complexity index is 426. The van der Waals surface area contributed by atoms with Crippen LogP contribution in [0.25, 0.3) is 0 Å². The highest BCUT2D eigenvalue weighted by Crippen LogP contribution is 2.28. The number of hydrogen-bond acceptors (Lipinski definition) is 3. The van der Waals surface area contributed by atoms with Crippen LogP contribution in [-0.4, -0.2) is 36.7 Å². The van der Waals surface area contributed by atoms with Crippen LogP contribution in [0.15, 0.2) is 11.8 Å². The van der Waals surface area contributed by atoms with Gasteiger partial charge < -0.3 is 10.1 Å². The molecule has 1 unspecified atom stereocenters. The van der Waals surface area contributed by atoms with Crippen LogP contribution < -0.4 is 5.32 Å². The number of carbonyl (C=O) groups is 1. The van der Waals surface area contributed by atoms with Gasteiger partial charge in [-0.2, -0.15) is 0 Å². The molecule has 0 aromatic rings. The van der Waals surface area contributed by atoms with Gasteiger partial charge in [-0.25, -0.2) is 4.79 Å². The summed E-state index contributed by atoms with van der Waals surface area (Å²) in [5, 5.41) is 3.23. The van der Waals surface area contributed by atoms with E-state index in [1.807, 2.05) is 32.7 Å². The predicted molar refractivity (Wildman–Crippen MR) is 101 cm³/mol. The summed E-state index contributed by atoms with van der Waals surface area (Å²) < 4.78 is 5.60. The fraction of sp³-hybridized carbons (Fsp3) is 0.850. The maximum absolute atomic E-state index is 12.5. The van der Waals surface area contributed by atoms with Crippen LogP contribution in [0.4, 0.5) is 4.79 Å². The molecule has 3 atom stereocenters. The molecule has 24 heavy (non-hydrogen) atoms. The lowest BCUT2D eigenvalue weighted by atomic mass is 9.87. The molecule has 0 aliphatic carbocycles. The minimum atomic E-state index is -0.447. The van der Waals surface area contributed by atoms with Gasteiger partial charge in [0, 0.05) is 12.2 Å². The van der Waals surface area contributed by atoms with E-state index in [1.54, 1.807) is 0 Å². The molecule has 0 fully saturated rings. The number of nitrogens with zero attached hydrogens (tertiary/aromatic N) is 1. The molecule has 0 bridgehead atoms. The molecule has 1 aliphatic rings. The molecule has 0 saturated heterocycles. The minimum absolute atomic E-state index is 0.198. The Labute approximate surface area is 149 Å². The van der Waals surface area contributed by atoms with E-state index in [0.29, 0.717) is 17.8 Å². The number of rotatable bonds is 7. The second-order valence-corrected chi connectivity index (χ2v) is 8.51. The molecule has 140 valence electrons. The summed E-state index contributed by atoms with van der Waals surface area (Å²) in [5.74, 6) is 1.84. The zero-order valence-corrected chi connectivity index (χ0v) is 16.8. The fourth-order valence-corrected chi connectivity index (χ4v) is 3.01. The molecule has 0 radical (unpaired) electrons. The van der Waals surface area contributed by atoms with Crippen LogP contribution in [-0.2, 0) is 4.74 Å². The molecule has 0 aromatic carbocycles. The summed E-state index contributed by atoms with van der Waals surface area (Å²) in [7, 11) is 2.00. The minimum Gasteiger partial charge on any atom is -0.443 e. The molecule has 1 aliphatic heterocycles. The first-order chi connectivity index (χ1) is 11.1. The molecular weight excluding hydrogens is 300 g/mol. The third-order valence-corrected chi connectivity index (χ3v) is 4.89. The Morgan fingerprint density at radius 3 is 2.54 bits per heavy atom. The molecule has 4 nitrogen and oxygen atoms in total. The first kappa shape index (κ1) is 21.0. The first-order valence-electron chi connectivity index (χ1n) is 9.48. The Hall–Kier alpha value is -1.03. The van der Waals surface area contributed by atoms with Crippen LogP contribution in [0.3, 0.4) is 0 Å². The summed E-state index contributed by atoms with van der Waals surface area (Å²) in [6.45, 7) is 14.4. The normalized spacial score (nSPS) is 21.2. The van der Waals surface area contributed by atoms with E-state index in [4.69, 9.17) is 4.74 Å². The van der Waals surface area contributed by atoms with Gasteiger partial charge in [-0.1, -0.05) is 26.8 Å². The number of ether oxygens (including phenoxy) is 1. The van der Waals surface area contributed by atoms with Crippen molar-refractivity contribution in [3.8, 4) is 0 Å². The monoisotopic (exact) mass is 338 g/mol. The van der Waals surface area contributed by atoms with Crippen LogP contribution >= 0.6 is 0 Å². The summed E-state index contributed by atoms with van der Waals surface area (Å²) >= 11 is 0. The largest absolute Gasteiger partial charge is 0.443 e. The maximum Gasteiger partial charge on any atom is 0.414 e. The van der Waals surface area contributed by atoms with Crippen LogP contribution in [0, 0.1) is 17.8 Å². The highest BCUT2D eigenvalue weighted by Gasteiger charge is 2.28. The highest BCUT2D eigenvalue weighted by atomic mass is 16.6. The van der Waals surface area contributed by atoms with Gasteiger partial charge in [-0.15, -0.1) is 0 Å². The van der Waals surface area contributed by atoms with Crippen molar-refractivity contribution in [1.29, 1.82) is 0 Å². The van der Waals surface area contributed by atoms with E-state index in [-0.39, 0.29) is 6.09 Å². The molecule has 0 aromatic heterocycles. The Morgan fingerprint density at radius 1 is 1.33 bits per heavy atom. The Kier molecular flexibility index (Phi) is 8.28. The van der Waals surface area contributed by atoms with E-state index in [1.165, 1.54) is 6.42 Å². The van der Waals surface area contributed by atoms with E-state index >= 15 is 0 Å². The number of hydrogen-bond donors (Lipinski definition) is 1. The van der Waals surface area contributed by atoms with Crippen molar-refractivity contribution in [3.05, 3.63) is 11.8 Å². The molecule has 0 saturated carbocycles. The standard InChI is InChI=1S/C20H38N2O2/c1-15-8-10-18(11-9-16(2)17(3)12-13-21-7)22(14-15)19(23)24-20(4,5)6/h10,15-17,21H,8-9,11-14H2,1-7H3/t15-,16+,17?/m0/s1. The van der Waals surface area contributed by atoms with Gasteiger partial charge in [0.25, 0.3) is 0 Å². The maximum atomic E-state index is 12.5. The van der Waals surface area contributed by atoms with Crippen molar-refractivity contribution in [2.24, 2.45) is 17.8 Å². The van der Waals surface area contributed by atoms with Gasteiger partial charge in [-0.05, 0) is 77.8 Å². The van der Waals surface area contributed by atoms with E-state index < -0.39 is 5.60 Å². The quantitative estimate of drug-likeness (QED) is 0.724. The summed E-state index contributed by atoms with van der Waals surface area (Å²) in [6, 6.07) is 0. The van der Waals surface area contributed by atoms with Crippen LogP contribution in [0.1, 0.15) is 67.2 Å². The van der Waals surface area contributed by atoms with E-state index in [0.717, 1.165) is 38.0 Å². The first-order valence-corrected chi connectivity index (χ1v) is 9.48. The van der Waals surface area contributed by atoms with Crippen molar-refractivity contribution in [3.63, 3.8) is 0 Å². The smallest absolute Gasteiger partial charge is 0.414 e. The van der Waals surface area contributed by atoms with Gasteiger partial charge in [0.1, 0.15) is 5.60 Å². The number of nitrogens with one attached hydrogen (secondary N) is 1. The van der Waals surface area contributed by atoms with E-state index in [9.17, 15) is 4.79 Å². The number of carbonyl (C=O) groups excluding carboxylic acids is 1. The van der Waals surface area contributed by atoms with Crippen molar-refractivity contribution >= 4 is 6.09 Å². The van der Waals surface area contributed by atoms with Crippen molar-refractivity contribution < 1.29 is 9.53 Å². The van der Waals surface area contributed by atoms with Gasteiger partial charge in [-0.3, -0.25) is 4.90 Å². The number of allylic oxidation sites excluding steroid dienone is 2. The summed E-state index contributed by atoms with van der Waals surface area (Å²) in [4.78, 5) is 14.4. The second kappa shape index (κ2) is 9.45. The second-order valence-electron chi connectivity index (χ2n) is 8.51. The Morgan fingerprint density at radius 2 is 1.96 bits per heavy atom. The van der Waals surface area contributed by atoms with Crippen molar-refractivity contribution in [1.82, 2.24) is 10.2 Å². The molecule has 1 heterocycles. The zero-order chi connectivity index (χ0) is 18.3. The molecular formula is C20H38N2O2. The SMILES string of the molecule is CNCCC(C)[C@H](C)CCC1=CC[C@H](C)CN1C(=O)OC(C)(C)C. The molecule has 1 rings (SSSR count). The van der Waals surface area contributed by atoms with Gasteiger partial charge in [0.15, 0.2) is 0 Å². The van der Waals surface area contributed by atoms with Gasteiger partial charge in [0.2, 0.25) is 0 Å². The van der Waals surface area contributed by atoms with Crippen LogP contribution in [0.5, 0.6) is 0 Å². The lowest BCUT2D eigenvalue weighted by Crippen LogP contribution is -2.40. The molecule has 4 heteroatoms. The average molecular weight is 339 g/mol. The molecule has 1 N–H and O–H groups in total. The van der Waals surface area contributed by atoms with E-state index in [2.05, 4.69) is 32.2 Å². The van der Waals surface area contributed by atoms with Gasteiger partial charge >= 0.3 is 6.09 Å². The zero-order valence-electron chi connectivity index (χ0n) is 16.8. The predicted octanol–water partition coefficient (Wildman–Crippen LogP) is 4.81. The van der Waals surface area contributed by atoms with Gasteiger partial charge in [0.05, 0.1) is 0 Å². The highest BCUT2D eigenvalue weighted by molar-refractivity contribution is 5.70. The summed E-state index contributed by atoms with van der Waals surface area (Å²) in [5.41, 5.74) is 0.702. The molecule has 0 spiro atoms. The lowest BCUT2D eigenvalue weighted by Gasteiger charge is -2.34. The third kappa shape index (κ3) is 7.25. The van der Waals surface area contributed by atoms with Crippen LogP contribution in [0.2, 0.25) is 0 Å². The lowest BCUT2D eigenvalue weighted by molar-refractivity contribution is 0.0270. The van der Waals surface area contributed by atoms with Crippen molar-refractivity contribution in [2.75, 3.05) is 20.1 Å². The Balaban J connectivity index is 2.64. The topological polar surface area (TPSA) is 41.6 Å². The number of amides is 1. The third-order valence-electron chi connectivity index (χ3n) is 4.89. The molecule has 1 amide bonds. The average Bonchev–Trinajstić information content (AvgIpc) is 2.49. The summed E-state index contributed by atoms with van der Waals surface area (Å²) in [6.07, 6.45) is 6.36. The fourth-order valence-electron chi connectivity index (χ4n) is 3.01. The van der Waals surface area contributed by atoms with Crippen molar-refractivity contribution in [2.45, 2.75) is 72.8 Å².